The van der Waals surface area contributed by atoms with Gasteiger partial charge in [0.2, 0.25) is 5.95 Å². The summed E-state index contributed by atoms with van der Waals surface area (Å²) in [4.78, 5) is 10.6. The fourth-order valence-corrected chi connectivity index (χ4v) is 2.71. The summed E-state index contributed by atoms with van der Waals surface area (Å²) in [5.41, 5.74) is 5.73. The Kier molecular flexibility index (Phi) is 5.51. The lowest BCUT2D eigenvalue weighted by atomic mass is 10.3. The van der Waals surface area contributed by atoms with E-state index in [-0.39, 0.29) is 0 Å². The molecule has 110 valence electrons. The molecular formula is C13H20N4O2S. The molecule has 0 amide bonds. The van der Waals surface area contributed by atoms with Crippen LogP contribution in [-0.2, 0) is 9.47 Å². The van der Waals surface area contributed by atoms with E-state index in [1.807, 2.05) is 0 Å². The molecule has 2 rings (SSSR count). The molecule has 2 aromatic heterocycles. The lowest BCUT2D eigenvalue weighted by Gasteiger charge is -2.07. The van der Waals surface area contributed by atoms with Gasteiger partial charge in [0.1, 0.15) is 10.6 Å². The Hall–Kier alpha value is -1.44. The second-order valence-electron chi connectivity index (χ2n) is 4.39. The molecule has 0 fully saturated rings. The molecule has 0 radical (unpaired) electrons. The molecule has 2 aromatic rings. The molecule has 3 N–H and O–H groups in total. The molecule has 0 spiro atoms. The van der Waals surface area contributed by atoms with Crippen molar-refractivity contribution in [2.24, 2.45) is 0 Å². The van der Waals surface area contributed by atoms with Crippen molar-refractivity contribution < 1.29 is 9.47 Å². The second kappa shape index (κ2) is 7.37. The summed E-state index contributed by atoms with van der Waals surface area (Å²) < 4.78 is 10.3. The van der Waals surface area contributed by atoms with Gasteiger partial charge in [0, 0.05) is 25.1 Å². The molecule has 7 heteroatoms. The van der Waals surface area contributed by atoms with E-state index in [0.29, 0.717) is 25.8 Å². The summed E-state index contributed by atoms with van der Waals surface area (Å²) >= 11 is 1.62. The van der Waals surface area contributed by atoms with Crippen LogP contribution in [-0.4, -0.2) is 43.4 Å². The van der Waals surface area contributed by atoms with E-state index in [1.165, 1.54) is 4.88 Å². The van der Waals surface area contributed by atoms with Gasteiger partial charge in [-0.15, -0.1) is 11.3 Å². The number of nitrogens with one attached hydrogen (secondary N) is 1. The van der Waals surface area contributed by atoms with Crippen molar-refractivity contribution in [3.63, 3.8) is 0 Å². The van der Waals surface area contributed by atoms with Gasteiger partial charge in [-0.05, 0) is 19.4 Å². The van der Waals surface area contributed by atoms with Crippen LogP contribution in [0.15, 0.2) is 6.07 Å². The van der Waals surface area contributed by atoms with Crippen LogP contribution in [0.4, 0.5) is 11.8 Å². The van der Waals surface area contributed by atoms with Crippen LogP contribution in [0.2, 0.25) is 0 Å². The van der Waals surface area contributed by atoms with Crippen LogP contribution in [0.3, 0.4) is 0 Å². The molecule has 0 aliphatic carbocycles. The molecule has 0 saturated carbocycles. The van der Waals surface area contributed by atoms with Crippen LogP contribution < -0.4 is 11.1 Å². The third-order valence-electron chi connectivity index (χ3n) is 2.72. The number of methoxy groups -OCH3 is 1. The minimum atomic E-state index is 0.304. The number of rotatable bonds is 8. The van der Waals surface area contributed by atoms with E-state index in [9.17, 15) is 0 Å². The van der Waals surface area contributed by atoms with Crippen molar-refractivity contribution in [1.29, 1.82) is 0 Å². The van der Waals surface area contributed by atoms with Crippen molar-refractivity contribution in [3.05, 3.63) is 10.9 Å². The first-order valence-electron chi connectivity index (χ1n) is 6.55. The van der Waals surface area contributed by atoms with Gasteiger partial charge in [-0.3, -0.25) is 0 Å². The van der Waals surface area contributed by atoms with Gasteiger partial charge in [0.05, 0.1) is 18.6 Å². The van der Waals surface area contributed by atoms with Crippen molar-refractivity contribution in [2.45, 2.75) is 13.3 Å². The maximum atomic E-state index is 5.73. The predicted molar refractivity (Wildman–Crippen MR) is 82.4 cm³/mol. The Morgan fingerprint density at radius 2 is 2.15 bits per heavy atom. The smallest absolute Gasteiger partial charge is 0.223 e. The third-order valence-corrected chi connectivity index (χ3v) is 3.67. The summed E-state index contributed by atoms with van der Waals surface area (Å²) in [5.74, 6) is 1.10. The number of hydrogen-bond donors (Lipinski definition) is 2. The number of anilines is 2. The Morgan fingerprint density at radius 1 is 1.30 bits per heavy atom. The number of nitrogen functional groups attached to an aromatic ring is 1. The average Bonchev–Trinajstić information content (AvgIpc) is 2.77. The largest absolute Gasteiger partial charge is 0.382 e. The molecule has 0 aliphatic heterocycles. The van der Waals surface area contributed by atoms with Gasteiger partial charge < -0.3 is 20.5 Å². The fraction of sp³-hybridized carbons (Fsp3) is 0.538. The van der Waals surface area contributed by atoms with Gasteiger partial charge >= 0.3 is 0 Å². The zero-order valence-corrected chi connectivity index (χ0v) is 12.6. The first kappa shape index (κ1) is 15.0. The first-order valence-corrected chi connectivity index (χ1v) is 7.36. The first-order chi connectivity index (χ1) is 9.70. The molecule has 0 aromatic carbocycles. The fourth-order valence-electron chi connectivity index (χ4n) is 1.82. The van der Waals surface area contributed by atoms with Crippen molar-refractivity contribution in [2.75, 3.05) is 44.5 Å². The van der Waals surface area contributed by atoms with Crippen LogP contribution in [0.1, 0.15) is 11.3 Å². The van der Waals surface area contributed by atoms with E-state index in [2.05, 4.69) is 28.3 Å². The summed E-state index contributed by atoms with van der Waals surface area (Å²) in [6.07, 6.45) is 0.901. The highest BCUT2D eigenvalue weighted by atomic mass is 32.1. The molecule has 20 heavy (non-hydrogen) atoms. The average molecular weight is 296 g/mol. The zero-order valence-electron chi connectivity index (χ0n) is 11.8. The van der Waals surface area contributed by atoms with Crippen molar-refractivity contribution in [1.82, 2.24) is 9.97 Å². The highest BCUT2D eigenvalue weighted by Gasteiger charge is 2.08. The van der Waals surface area contributed by atoms with Gasteiger partial charge in [-0.25, -0.2) is 4.98 Å². The SMILES string of the molecule is COCCOCCCNc1nc(N)nc2sc(C)cc12. The zero-order chi connectivity index (χ0) is 14.4. The maximum absolute atomic E-state index is 5.73. The quantitative estimate of drug-likeness (QED) is 0.725. The Balaban J connectivity index is 1.86. The normalized spacial score (nSPS) is 11.1. The van der Waals surface area contributed by atoms with Crippen LogP contribution in [0.5, 0.6) is 0 Å². The Bertz CT molecular complexity index is 559. The highest BCUT2D eigenvalue weighted by Crippen LogP contribution is 2.28. The Morgan fingerprint density at radius 3 is 2.95 bits per heavy atom. The molecule has 0 aliphatic rings. The minimum absolute atomic E-state index is 0.304. The predicted octanol–water partition coefficient (Wildman–Crippen LogP) is 2.05. The number of hydrogen-bond acceptors (Lipinski definition) is 7. The summed E-state index contributed by atoms with van der Waals surface area (Å²) in [7, 11) is 1.67. The maximum Gasteiger partial charge on any atom is 0.223 e. The second-order valence-corrected chi connectivity index (χ2v) is 5.63. The van der Waals surface area contributed by atoms with Crippen LogP contribution in [0.25, 0.3) is 10.2 Å². The highest BCUT2D eigenvalue weighted by molar-refractivity contribution is 7.18. The van der Waals surface area contributed by atoms with Gasteiger partial charge in [-0.1, -0.05) is 0 Å². The summed E-state index contributed by atoms with van der Waals surface area (Å²) in [6.45, 7) is 4.79. The van der Waals surface area contributed by atoms with E-state index in [4.69, 9.17) is 15.2 Å². The van der Waals surface area contributed by atoms with E-state index >= 15 is 0 Å². The minimum Gasteiger partial charge on any atom is -0.382 e. The molecule has 0 saturated heterocycles. The lowest BCUT2D eigenvalue weighted by molar-refractivity contribution is 0.0705. The van der Waals surface area contributed by atoms with Crippen molar-refractivity contribution >= 4 is 33.3 Å². The summed E-state index contributed by atoms with van der Waals surface area (Å²) in [5, 5.41) is 4.33. The van der Waals surface area contributed by atoms with Gasteiger partial charge in [0.25, 0.3) is 0 Å². The number of ether oxygens (including phenoxy) is 2. The number of nitrogens with two attached hydrogens (primary N) is 1. The van der Waals surface area contributed by atoms with Gasteiger partial charge in [-0.2, -0.15) is 4.98 Å². The van der Waals surface area contributed by atoms with Crippen molar-refractivity contribution in [3.8, 4) is 0 Å². The number of nitrogens with zero attached hydrogens (tertiary/aromatic N) is 2. The topological polar surface area (TPSA) is 82.3 Å². The van der Waals surface area contributed by atoms with Gasteiger partial charge in [0.15, 0.2) is 0 Å². The molecule has 0 unspecified atom stereocenters. The number of fused-ring (bicyclic) bond motifs is 1. The van der Waals surface area contributed by atoms with Crippen LogP contribution in [0, 0.1) is 6.92 Å². The van der Waals surface area contributed by atoms with E-state index < -0.39 is 0 Å². The molecule has 0 atom stereocenters. The molecule has 2 heterocycles. The van der Waals surface area contributed by atoms with E-state index in [1.54, 1.807) is 18.4 Å². The molecule has 0 bridgehead atoms. The van der Waals surface area contributed by atoms with E-state index in [0.717, 1.165) is 29.0 Å². The summed E-state index contributed by atoms with van der Waals surface area (Å²) in [6, 6.07) is 2.08. The number of aromatic nitrogens is 2. The lowest BCUT2D eigenvalue weighted by Crippen LogP contribution is -2.10. The number of thiophene rings is 1. The van der Waals surface area contributed by atoms with Crippen LogP contribution >= 0.6 is 11.3 Å². The molecular weight excluding hydrogens is 276 g/mol. The monoisotopic (exact) mass is 296 g/mol. The Labute approximate surface area is 122 Å². The number of aryl methyl sites for hydroxylation is 1. The molecule has 6 nitrogen and oxygen atoms in total. The standard InChI is InChI=1S/C13H20N4O2S/c1-9-8-10-11(16-13(14)17-12(10)20-9)15-4-3-5-19-7-6-18-2/h8H,3-7H2,1-2H3,(H3,14,15,16,17). The third kappa shape index (κ3) is 4.03.